The summed E-state index contributed by atoms with van der Waals surface area (Å²) in [7, 11) is 0. The van der Waals surface area contributed by atoms with E-state index in [0.717, 1.165) is 49.3 Å². The Hall–Kier alpha value is -0.460. The zero-order valence-corrected chi connectivity index (χ0v) is 12.2. The van der Waals surface area contributed by atoms with Crippen LogP contribution in [0, 0.1) is 0 Å². The second-order valence-corrected chi connectivity index (χ2v) is 6.71. The van der Waals surface area contributed by atoms with Crippen molar-refractivity contribution in [1.82, 2.24) is 15.3 Å². The molecule has 0 radical (unpaired) electrons. The predicted octanol–water partition coefficient (Wildman–Crippen LogP) is 1.65. The number of rotatable bonds is 3. The molecular weight excluding hydrogens is 264 g/mol. The van der Waals surface area contributed by atoms with Crippen LogP contribution in [0.1, 0.15) is 12.6 Å². The third-order valence-corrected chi connectivity index (χ3v) is 5.02. The van der Waals surface area contributed by atoms with Gasteiger partial charge in [0.15, 0.2) is 5.16 Å². The van der Waals surface area contributed by atoms with Gasteiger partial charge in [0, 0.05) is 38.4 Å². The van der Waals surface area contributed by atoms with Gasteiger partial charge in [0.05, 0.1) is 10.6 Å². The number of piperazine rings is 1. The molecule has 1 aromatic rings. The topological polar surface area (TPSA) is 41.1 Å². The fourth-order valence-electron chi connectivity index (χ4n) is 2.31. The number of nitrogens with one attached hydrogen (secondary N) is 1. The number of thioether (sulfide) groups is 2. The van der Waals surface area contributed by atoms with Crippen LogP contribution in [-0.4, -0.2) is 47.7 Å². The third-order valence-electron chi connectivity index (χ3n) is 3.17. The van der Waals surface area contributed by atoms with Crippen LogP contribution in [0.4, 0.5) is 5.82 Å². The molecule has 1 fully saturated rings. The van der Waals surface area contributed by atoms with Crippen LogP contribution in [0.2, 0.25) is 0 Å². The summed E-state index contributed by atoms with van der Waals surface area (Å²) in [5, 5.41) is 4.35. The Morgan fingerprint density at radius 2 is 2.17 bits per heavy atom. The maximum atomic E-state index is 4.79. The van der Waals surface area contributed by atoms with Crippen molar-refractivity contribution in [2.45, 2.75) is 23.4 Å². The standard InChI is InChI=1S/C12H18N4S2/c1-2-17-12-14-9-3-8-18-10(9)11(15-12)16-6-4-13-5-7-16/h13H,2-8H2,1H3. The minimum atomic E-state index is 0.951. The van der Waals surface area contributed by atoms with Gasteiger partial charge in [-0.15, -0.1) is 11.8 Å². The number of fused-ring (bicyclic) bond motifs is 1. The van der Waals surface area contributed by atoms with E-state index in [4.69, 9.17) is 4.98 Å². The highest BCUT2D eigenvalue weighted by molar-refractivity contribution is 8.00. The zero-order valence-electron chi connectivity index (χ0n) is 10.6. The number of hydrogen-bond acceptors (Lipinski definition) is 6. The first-order valence-corrected chi connectivity index (χ1v) is 8.48. The average Bonchev–Trinajstić information content (AvgIpc) is 2.87. The van der Waals surface area contributed by atoms with Crippen molar-refractivity contribution in [3.63, 3.8) is 0 Å². The lowest BCUT2D eigenvalue weighted by Gasteiger charge is -2.29. The number of nitrogens with zero attached hydrogens (tertiary/aromatic N) is 3. The Morgan fingerprint density at radius 1 is 1.33 bits per heavy atom. The van der Waals surface area contributed by atoms with Crippen molar-refractivity contribution < 1.29 is 0 Å². The third kappa shape index (κ3) is 2.46. The molecule has 0 bridgehead atoms. The maximum absolute atomic E-state index is 4.79. The Bertz CT molecular complexity index is 432. The highest BCUT2D eigenvalue weighted by atomic mass is 32.2. The molecule has 4 nitrogen and oxygen atoms in total. The van der Waals surface area contributed by atoms with Crippen molar-refractivity contribution in [3.8, 4) is 0 Å². The summed E-state index contributed by atoms with van der Waals surface area (Å²) in [6.45, 7) is 6.38. The number of anilines is 1. The molecule has 2 aliphatic rings. The van der Waals surface area contributed by atoms with Crippen molar-refractivity contribution in [2.24, 2.45) is 0 Å². The van der Waals surface area contributed by atoms with E-state index < -0.39 is 0 Å². The number of aromatic nitrogens is 2. The van der Waals surface area contributed by atoms with E-state index in [1.165, 1.54) is 16.4 Å². The van der Waals surface area contributed by atoms with E-state index in [2.05, 4.69) is 22.1 Å². The molecule has 1 N–H and O–H groups in total. The summed E-state index contributed by atoms with van der Waals surface area (Å²) in [5.41, 5.74) is 1.26. The molecule has 98 valence electrons. The van der Waals surface area contributed by atoms with Gasteiger partial charge in [-0.2, -0.15) is 0 Å². The molecule has 0 aromatic carbocycles. The van der Waals surface area contributed by atoms with Crippen LogP contribution in [-0.2, 0) is 6.42 Å². The van der Waals surface area contributed by atoms with Crippen molar-refractivity contribution >= 4 is 29.3 Å². The average molecular weight is 282 g/mol. The van der Waals surface area contributed by atoms with Gasteiger partial charge in [-0.1, -0.05) is 18.7 Å². The van der Waals surface area contributed by atoms with Gasteiger partial charge in [0.1, 0.15) is 5.82 Å². The minimum absolute atomic E-state index is 0.951. The Morgan fingerprint density at radius 3 is 2.94 bits per heavy atom. The molecule has 18 heavy (non-hydrogen) atoms. The normalized spacial score (nSPS) is 19.1. The lowest BCUT2D eigenvalue weighted by Crippen LogP contribution is -2.44. The smallest absolute Gasteiger partial charge is 0.189 e. The van der Waals surface area contributed by atoms with E-state index in [-0.39, 0.29) is 0 Å². The van der Waals surface area contributed by atoms with E-state index in [1.807, 2.05) is 11.8 Å². The summed E-state index contributed by atoms with van der Waals surface area (Å²) in [4.78, 5) is 13.2. The quantitative estimate of drug-likeness (QED) is 0.671. The van der Waals surface area contributed by atoms with Gasteiger partial charge in [-0.3, -0.25) is 0 Å². The molecule has 3 rings (SSSR count). The molecule has 2 aliphatic heterocycles. The first-order valence-electron chi connectivity index (χ1n) is 6.50. The summed E-state index contributed by atoms with van der Waals surface area (Å²) in [6, 6.07) is 0. The number of aryl methyl sites for hydroxylation is 1. The van der Waals surface area contributed by atoms with Gasteiger partial charge in [-0.05, 0) is 5.75 Å². The van der Waals surface area contributed by atoms with E-state index >= 15 is 0 Å². The molecule has 1 saturated heterocycles. The Kier molecular flexibility index (Phi) is 3.96. The second kappa shape index (κ2) is 5.67. The van der Waals surface area contributed by atoms with Crippen LogP contribution >= 0.6 is 23.5 Å². The van der Waals surface area contributed by atoms with Crippen molar-refractivity contribution in [1.29, 1.82) is 0 Å². The van der Waals surface area contributed by atoms with E-state index in [9.17, 15) is 0 Å². The lowest BCUT2D eigenvalue weighted by molar-refractivity contribution is 0.578. The van der Waals surface area contributed by atoms with Gasteiger partial charge >= 0.3 is 0 Å². The minimum Gasteiger partial charge on any atom is -0.353 e. The zero-order chi connectivity index (χ0) is 12.4. The first-order chi connectivity index (χ1) is 8.88. The fourth-order valence-corrected chi connectivity index (χ4v) is 4.01. The van der Waals surface area contributed by atoms with Gasteiger partial charge in [-0.25, -0.2) is 9.97 Å². The fraction of sp³-hybridized carbons (Fsp3) is 0.667. The largest absolute Gasteiger partial charge is 0.353 e. The first kappa shape index (κ1) is 12.6. The van der Waals surface area contributed by atoms with Crippen LogP contribution in [0.3, 0.4) is 0 Å². The summed E-state index contributed by atoms with van der Waals surface area (Å²) >= 11 is 3.66. The lowest BCUT2D eigenvalue weighted by atomic mass is 10.3. The van der Waals surface area contributed by atoms with Crippen LogP contribution in [0.5, 0.6) is 0 Å². The second-order valence-electron chi connectivity index (χ2n) is 4.37. The van der Waals surface area contributed by atoms with E-state index in [0.29, 0.717) is 0 Å². The Labute approximate surface area is 116 Å². The molecule has 0 amide bonds. The molecule has 0 spiro atoms. The highest BCUT2D eigenvalue weighted by Gasteiger charge is 2.24. The van der Waals surface area contributed by atoms with Crippen molar-refractivity contribution in [3.05, 3.63) is 5.69 Å². The molecule has 0 saturated carbocycles. The number of hydrogen-bond donors (Lipinski definition) is 1. The SMILES string of the molecule is CCSc1nc2c(c(N3CCNCC3)n1)SCC2. The van der Waals surface area contributed by atoms with Gasteiger partial charge < -0.3 is 10.2 Å². The van der Waals surface area contributed by atoms with Crippen LogP contribution in [0.25, 0.3) is 0 Å². The molecule has 1 aromatic heterocycles. The van der Waals surface area contributed by atoms with Crippen molar-refractivity contribution in [2.75, 3.05) is 42.6 Å². The van der Waals surface area contributed by atoms with E-state index in [1.54, 1.807) is 11.8 Å². The molecule has 0 unspecified atom stereocenters. The van der Waals surface area contributed by atoms with Crippen LogP contribution < -0.4 is 10.2 Å². The molecule has 0 atom stereocenters. The molecule has 6 heteroatoms. The predicted molar refractivity (Wildman–Crippen MR) is 77.9 cm³/mol. The summed E-state index contributed by atoms with van der Waals surface area (Å²) in [6.07, 6.45) is 1.10. The molecular formula is C12H18N4S2. The Balaban J connectivity index is 1.95. The summed E-state index contributed by atoms with van der Waals surface area (Å²) in [5.74, 6) is 3.37. The molecule has 0 aliphatic carbocycles. The van der Waals surface area contributed by atoms with Crippen LogP contribution in [0.15, 0.2) is 10.1 Å². The van der Waals surface area contributed by atoms with Gasteiger partial charge in [0.2, 0.25) is 0 Å². The highest BCUT2D eigenvalue weighted by Crippen LogP contribution is 2.38. The summed E-state index contributed by atoms with van der Waals surface area (Å²) < 4.78 is 0. The maximum Gasteiger partial charge on any atom is 0.189 e. The molecule has 3 heterocycles. The monoisotopic (exact) mass is 282 g/mol. The van der Waals surface area contributed by atoms with Gasteiger partial charge in [0.25, 0.3) is 0 Å².